The molecular formula is C19H17ClN2. The minimum absolute atomic E-state index is 0.685. The summed E-state index contributed by atoms with van der Waals surface area (Å²) in [6.45, 7) is 0.685. The highest BCUT2D eigenvalue weighted by Gasteiger charge is 2.18. The molecule has 3 heteroatoms. The summed E-state index contributed by atoms with van der Waals surface area (Å²) in [6, 6.07) is 5.98. The summed E-state index contributed by atoms with van der Waals surface area (Å²) in [5.74, 6) is 0. The van der Waals surface area contributed by atoms with Gasteiger partial charge in [-0.1, -0.05) is 17.7 Å². The van der Waals surface area contributed by atoms with Crippen molar-refractivity contribution in [2.24, 2.45) is 4.99 Å². The van der Waals surface area contributed by atoms with Crippen molar-refractivity contribution in [3.05, 3.63) is 52.2 Å². The molecule has 0 saturated carbocycles. The molecule has 0 N–H and O–H groups in total. The second-order valence-electron chi connectivity index (χ2n) is 5.84. The highest BCUT2D eigenvalue weighted by atomic mass is 35.5. The molecule has 2 aromatic rings. The van der Waals surface area contributed by atoms with Crippen molar-refractivity contribution in [2.75, 3.05) is 0 Å². The third kappa shape index (κ3) is 2.38. The van der Waals surface area contributed by atoms with Crippen LogP contribution in [0.2, 0.25) is 5.02 Å². The van der Waals surface area contributed by atoms with Crippen molar-refractivity contribution in [1.82, 2.24) is 4.98 Å². The van der Waals surface area contributed by atoms with Crippen molar-refractivity contribution in [2.45, 2.75) is 32.2 Å². The summed E-state index contributed by atoms with van der Waals surface area (Å²) in [4.78, 5) is 9.30. The predicted molar refractivity (Wildman–Crippen MR) is 94.4 cm³/mol. The van der Waals surface area contributed by atoms with Gasteiger partial charge in [0, 0.05) is 22.2 Å². The van der Waals surface area contributed by atoms with Crippen LogP contribution < -0.4 is 0 Å². The zero-order chi connectivity index (χ0) is 14.9. The number of nitrogens with zero attached hydrogens (tertiary/aromatic N) is 2. The molecule has 0 radical (unpaired) electrons. The number of benzene rings is 1. The monoisotopic (exact) mass is 308 g/mol. The van der Waals surface area contributed by atoms with Crippen LogP contribution in [0.4, 0.5) is 0 Å². The van der Waals surface area contributed by atoms with Gasteiger partial charge in [-0.25, -0.2) is 4.98 Å². The lowest BCUT2D eigenvalue weighted by Crippen LogP contribution is -2.03. The van der Waals surface area contributed by atoms with Gasteiger partial charge in [0.15, 0.2) is 0 Å². The van der Waals surface area contributed by atoms with Crippen LogP contribution >= 0.6 is 11.6 Å². The normalized spacial score (nSPS) is 17.2. The standard InChI is InChI=1S/C19H17ClN2/c20-14-8-9-18-15(11-14)19(13-5-2-1-3-6-13)16-12-21-10-4-7-17(16)22-18/h4-5,7-11H,1-3,6,12H2. The topological polar surface area (TPSA) is 25.2 Å². The van der Waals surface area contributed by atoms with E-state index in [9.17, 15) is 0 Å². The maximum atomic E-state index is 6.25. The first-order valence-electron chi connectivity index (χ1n) is 7.81. The van der Waals surface area contributed by atoms with E-state index in [1.807, 2.05) is 30.5 Å². The lowest BCUT2D eigenvalue weighted by atomic mass is 9.87. The lowest BCUT2D eigenvalue weighted by molar-refractivity contribution is 0.741. The molecule has 0 fully saturated rings. The average Bonchev–Trinajstić information content (AvgIpc) is 2.78. The van der Waals surface area contributed by atoms with Gasteiger partial charge in [-0.15, -0.1) is 0 Å². The van der Waals surface area contributed by atoms with Crippen LogP contribution in [0.1, 0.15) is 42.5 Å². The summed E-state index contributed by atoms with van der Waals surface area (Å²) in [5, 5.41) is 1.92. The Balaban J connectivity index is 2.07. The van der Waals surface area contributed by atoms with Crippen LogP contribution in [0.3, 0.4) is 0 Å². The van der Waals surface area contributed by atoms with Crippen molar-refractivity contribution < 1.29 is 0 Å². The fraction of sp³-hybridized carbons (Fsp3) is 0.263. The summed E-state index contributed by atoms with van der Waals surface area (Å²) in [6.07, 6.45) is 13.1. The molecule has 22 heavy (non-hydrogen) atoms. The maximum Gasteiger partial charge on any atom is 0.0716 e. The van der Waals surface area contributed by atoms with Crippen LogP contribution in [0.5, 0.6) is 0 Å². The highest BCUT2D eigenvalue weighted by Crippen LogP contribution is 2.37. The van der Waals surface area contributed by atoms with E-state index >= 15 is 0 Å². The van der Waals surface area contributed by atoms with E-state index in [0.717, 1.165) is 34.5 Å². The lowest BCUT2D eigenvalue weighted by Gasteiger charge is -2.19. The van der Waals surface area contributed by atoms with E-state index in [0.29, 0.717) is 6.54 Å². The summed E-state index contributed by atoms with van der Waals surface area (Å²) in [7, 11) is 0. The Morgan fingerprint density at radius 2 is 2.09 bits per heavy atom. The van der Waals surface area contributed by atoms with Gasteiger partial charge >= 0.3 is 0 Å². The molecule has 0 bridgehead atoms. The van der Waals surface area contributed by atoms with Gasteiger partial charge in [0.25, 0.3) is 0 Å². The maximum absolute atomic E-state index is 6.25. The van der Waals surface area contributed by atoms with E-state index in [1.165, 1.54) is 29.5 Å². The molecule has 0 spiro atoms. The Hall–Kier alpha value is -1.93. The van der Waals surface area contributed by atoms with Gasteiger partial charge in [-0.05, 0) is 67.2 Å². The number of allylic oxidation sites excluding steroid dienone is 3. The Morgan fingerprint density at radius 3 is 2.95 bits per heavy atom. The van der Waals surface area contributed by atoms with Crippen molar-refractivity contribution in [3.8, 4) is 0 Å². The van der Waals surface area contributed by atoms with Gasteiger partial charge < -0.3 is 0 Å². The second kappa shape index (κ2) is 5.69. The van der Waals surface area contributed by atoms with Gasteiger partial charge in [-0.3, -0.25) is 4.99 Å². The van der Waals surface area contributed by atoms with E-state index in [1.54, 1.807) is 0 Å². The Labute approximate surface area is 135 Å². The van der Waals surface area contributed by atoms with Gasteiger partial charge in [-0.2, -0.15) is 0 Å². The molecule has 1 aromatic heterocycles. The van der Waals surface area contributed by atoms with Crippen molar-refractivity contribution in [3.63, 3.8) is 0 Å². The molecule has 0 atom stereocenters. The van der Waals surface area contributed by atoms with Crippen LogP contribution in [0.15, 0.2) is 35.3 Å². The quantitative estimate of drug-likeness (QED) is 0.688. The minimum atomic E-state index is 0.685. The first-order valence-corrected chi connectivity index (χ1v) is 8.19. The Kier molecular flexibility index (Phi) is 3.55. The number of hydrogen-bond acceptors (Lipinski definition) is 2. The van der Waals surface area contributed by atoms with Crippen molar-refractivity contribution >= 4 is 40.4 Å². The molecule has 4 rings (SSSR count). The number of pyridine rings is 1. The number of aromatic nitrogens is 1. The zero-order valence-corrected chi connectivity index (χ0v) is 13.1. The van der Waals surface area contributed by atoms with Crippen LogP contribution in [0, 0.1) is 0 Å². The zero-order valence-electron chi connectivity index (χ0n) is 12.3. The third-order valence-electron chi connectivity index (χ3n) is 4.39. The molecule has 0 unspecified atom stereocenters. The SMILES string of the molecule is Clc1ccc2nc3c(c(C4=CCCCC4)c2c1)CN=CC=C3. The number of rotatable bonds is 1. The summed E-state index contributed by atoms with van der Waals surface area (Å²) < 4.78 is 0. The van der Waals surface area contributed by atoms with E-state index in [-0.39, 0.29) is 0 Å². The molecule has 2 heterocycles. The Morgan fingerprint density at radius 1 is 1.14 bits per heavy atom. The fourth-order valence-electron chi connectivity index (χ4n) is 3.36. The first kappa shape index (κ1) is 13.7. The summed E-state index contributed by atoms with van der Waals surface area (Å²) >= 11 is 6.25. The first-order chi connectivity index (χ1) is 10.8. The molecule has 0 saturated heterocycles. The van der Waals surface area contributed by atoms with Gasteiger partial charge in [0.2, 0.25) is 0 Å². The molecule has 2 nitrogen and oxygen atoms in total. The molecular weight excluding hydrogens is 292 g/mol. The third-order valence-corrected chi connectivity index (χ3v) is 4.62. The molecule has 0 amide bonds. The molecule has 1 aliphatic heterocycles. The second-order valence-corrected chi connectivity index (χ2v) is 6.27. The van der Waals surface area contributed by atoms with Gasteiger partial charge in [0.05, 0.1) is 17.8 Å². The number of fused-ring (bicyclic) bond motifs is 2. The van der Waals surface area contributed by atoms with Gasteiger partial charge in [0.1, 0.15) is 0 Å². The van der Waals surface area contributed by atoms with E-state index in [2.05, 4.69) is 17.1 Å². The van der Waals surface area contributed by atoms with Crippen LogP contribution in [0.25, 0.3) is 22.6 Å². The largest absolute Gasteiger partial charge is 0.288 e. The Bertz CT molecular complexity index is 831. The summed E-state index contributed by atoms with van der Waals surface area (Å²) in [5.41, 5.74) is 6.02. The molecule has 110 valence electrons. The minimum Gasteiger partial charge on any atom is -0.288 e. The number of halogens is 1. The molecule has 1 aromatic carbocycles. The van der Waals surface area contributed by atoms with E-state index in [4.69, 9.17) is 16.6 Å². The van der Waals surface area contributed by atoms with Crippen LogP contribution in [-0.4, -0.2) is 11.2 Å². The highest BCUT2D eigenvalue weighted by molar-refractivity contribution is 6.31. The molecule has 1 aliphatic carbocycles. The van der Waals surface area contributed by atoms with Crippen LogP contribution in [-0.2, 0) is 6.54 Å². The number of aliphatic imine (C=N–C) groups is 1. The van der Waals surface area contributed by atoms with E-state index < -0.39 is 0 Å². The predicted octanol–water partition coefficient (Wildman–Crippen LogP) is 5.44. The van der Waals surface area contributed by atoms with Crippen molar-refractivity contribution in [1.29, 1.82) is 0 Å². The smallest absolute Gasteiger partial charge is 0.0716 e. The average molecular weight is 309 g/mol. The number of hydrogen-bond donors (Lipinski definition) is 0. The molecule has 2 aliphatic rings. The fourth-order valence-corrected chi connectivity index (χ4v) is 3.53.